The molecule has 21 heavy (non-hydrogen) atoms. The Morgan fingerprint density at radius 3 is 2.76 bits per heavy atom. The van der Waals surface area contributed by atoms with E-state index >= 15 is 0 Å². The molecule has 0 bridgehead atoms. The van der Waals surface area contributed by atoms with Crippen molar-refractivity contribution in [2.75, 3.05) is 24.6 Å². The topological polar surface area (TPSA) is 38.2 Å². The molecule has 0 saturated carbocycles. The van der Waals surface area contributed by atoms with Gasteiger partial charge in [0.25, 0.3) is 0 Å². The normalized spacial score (nSPS) is 19.6. The molecular formula is C16H26ClN3O. The van der Waals surface area contributed by atoms with Crippen LogP contribution in [0.1, 0.15) is 50.9 Å². The molecule has 118 valence electrons. The standard InChI is InChI=1S/C16H26ClN3O/c1-4-11-21-13-7-6-9-20(10-8-13)16-14(5-2)15(17)18-12(3)19-16/h13H,4-11H2,1-3H3. The minimum absolute atomic E-state index is 0.387. The number of aryl methyl sites for hydroxylation is 1. The average molecular weight is 312 g/mol. The summed E-state index contributed by atoms with van der Waals surface area (Å²) in [7, 11) is 0. The van der Waals surface area contributed by atoms with Crippen LogP contribution in [0.5, 0.6) is 0 Å². The average Bonchev–Trinajstić information content (AvgIpc) is 2.70. The Balaban J connectivity index is 2.12. The Hall–Kier alpha value is -0.870. The monoisotopic (exact) mass is 311 g/mol. The summed E-state index contributed by atoms with van der Waals surface area (Å²) in [4.78, 5) is 11.3. The zero-order valence-electron chi connectivity index (χ0n) is 13.4. The lowest BCUT2D eigenvalue weighted by atomic mass is 10.1. The van der Waals surface area contributed by atoms with E-state index in [1.807, 2.05) is 6.92 Å². The Kier molecular flexibility index (Phi) is 6.24. The van der Waals surface area contributed by atoms with Crippen LogP contribution >= 0.6 is 11.6 Å². The van der Waals surface area contributed by atoms with Gasteiger partial charge in [0.15, 0.2) is 0 Å². The summed E-state index contributed by atoms with van der Waals surface area (Å²) in [6.45, 7) is 9.03. The minimum Gasteiger partial charge on any atom is -0.378 e. The second-order valence-corrected chi connectivity index (χ2v) is 5.99. The molecule has 0 aliphatic carbocycles. The van der Waals surface area contributed by atoms with E-state index in [-0.39, 0.29) is 0 Å². The van der Waals surface area contributed by atoms with Crippen molar-refractivity contribution in [3.05, 3.63) is 16.5 Å². The lowest BCUT2D eigenvalue weighted by Crippen LogP contribution is -2.27. The molecule has 1 aliphatic heterocycles. The van der Waals surface area contributed by atoms with Crippen molar-refractivity contribution >= 4 is 17.4 Å². The maximum Gasteiger partial charge on any atom is 0.138 e. The summed E-state index contributed by atoms with van der Waals surface area (Å²) in [5.74, 6) is 1.77. The summed E-state index contributed by atoms with van der Waals surface area (Å²) in [5.41, 5.74) is 1.06. The highest BCUT2D eigenvalue weighted by Gasteiger charge is 2.21. The van der Waals surface area contributed by atoms with Crippen molar-refractivity contribution in [1.82, 2.24) is 9.97 Å². The first kappa shape index (κ1) is 16.5. The first-order valence-electron chi connectivity index (χ1n) is 8.05. The van der Waals surface area contributed by atoms with Crippen LogP contribution in [0, 0.1) is 6.92 Å². The van der Waals surface area contributed by atoms with Crippen LogP contribution in [0.2, 0.25) is 5.15 Å². The third kappa shape index (κ3) is 4.30. The molecule has 4 nitrogen and oxygen atoms in total. The van der Waals surface area contributed by atoms with Crippen molar-refractivity contribution in [1.29, 1.82) is 0 Å². The minimum atomic E-state index is 0.387. The number of nitrogens with zero attached hydrogens (tertiary/aromatic N) is 3. The van der Waals surface area contributed by atoms with E-state index in [4.69, 9.17) is 16.3 Å². The molecule has 1 atom stereocenters. The first-order valence-corrected chi connectivity index (χ1v) is 8.43. The number of anilines is 1. The smallest absolute Gasteiger partial charge is 0.138 e. The van der Waals surface area contributed by atoms with Gasteiger partial charge in [-0.15, -0.1) is 0 Å². The maximum absolute atomic E-state index is 6.29. The lowest BCUT2D eigenvalue weighted by molar-refractivity contribution is 0.0461. The van der Waals surface area contributed by atoms with Crippen molar-refractivity contribution in [2.24, 2.45) is 0 Å². The van der Waals surface area contributed by atoms with Crippen LogP contribution in [0.4, 0.5) is 5.82 Å². The van der Waals surface area contributed by atoms with Gasteiger partial charge in [-0.05, 0) is 39.0 Å². The molecule has 2 heterocycles. The van der Waals surface area contributed by atoms with Gasteiger partial charge in [0.2, 0.25) is 0 Å². The Labute approximate surface area is 132 Å². The zero-order valence-corrected chi connectivity index (χ0v) is 14.1. The maximum atomic E-state index is 6.29. The number of hydrogen-bond acceptors (Lipinski definition) is 4. The van der Waals surface area contributed by atoms with Crippen LogP contribution < -0.4 is 4.90 Å². The molecule has 0 amide bonds. The van der Waals surface area contributed by atoms with Crippen LogP contribution in [-0.4, -0.2) is 35.8 Å². The Morgan fingerprint density at radius 2 is 2.05 bits per heavy atom. The fourth-order valence-electron chi connectivity index (χ4n) is 2.84. The lowest BCUT2D eigenvalue weighted by Gasteiger charge is -2.24. The number of aromatic nitrogens is 2. The molecule has 0 N–H and O–H groups in total. The van der Waals surface area contributed by atoms with Crippen molar-refractivity contribution < 1.29 is 4.74 Å². The molecule has 1 fully saturated rings. The van der Waals surface area contributed by atoms with Gasteiger partial charge in [0.1, 0.15) is 16.8 Å². The van der Waals surface area contributed by atoms with Gasteiger partial charge in [0.05, 0.1) is 6.10 Å². The number of ether oxygens (including phenoxy) is 1. The molecule has 2 rings (SSSR count). The quantitative estimate of drug-likeness (QED) is 0.776. The van der Waals surface area contributed by atoms with Crippen LogP contribution in [-0.2, 0) is 11.2 Å². The molecule has 1 aliphatic rings. The van der Waals surface area contributed by atoms with Gasteiger partial charge >= 0.3 is 0 Å². The molecule has 1 saturated heterocycles. The molecule has 1 unspecified atom stereocenters. The van der Waals surface area contributed by atoms with E-state index < -0.39 is 0 Å². The molecular weight excluding hydrogens is 286 g/mol. The van der Waals surface area contributed by atoms with Gasteiger partial charge in [-0.25, -0.2) is 9.97 Å². The van der Waals surface area contributed by atoms with Crippen LogP contribution in [0.25, 0.3) is 0 Å². The Morgan fingerprint density at radius 1 is 1.24 bits per heavy atom. The van der Waals surface area contributed by atoms with Gasteiger partial charge in [-0.3, -0.25) is 0 Å². The number of halogens is 1. The SMILES string of the molecule is CCCOC1CCCN(c2nc(C)nc(Cl)c2CC)CC1. The van der Waals surface area contributed by atoms with E-state index in [1.165, 1.54) is 0 Å². The summed E-state index contributed by atoms with van der Waals surface area (Å²) in [5, 5.41) is 0.600. The van der Waals surface area contributed by atoms with E-state index in [1.54, 1.807) is 0 Å². The second kappa shape index (κ2) is 7.95. The zero-order chi connectivity index (χ0) is 15.2. The molecule has 0 spiro atoms. The highest BCUT2D eigenvalue weighted by Crippen LogP contribution is 2.27. The van der Waals surface area contributed by atoms with Gasteiger partial charge in [-0.2, -0.15) is 0 Å². The molecule has 1 aromatic rings. The van der Waals surface area contributed by atoms with E-state index in [0.29, 0.717) is 11.3 Å². The summed E-state index contributed by atoms with van der Waals surface area (Å²) in [6.07, 6.45) is 5.66. The highest BCUT2D eigenvalue weighted by molar-refractivity contribution is 6.30. The third-order valence-electron chi connectivity index (χ3n) is 3.93. The molecule has 5 heteroatoms. The van der Waals surface area contributed by atoms with Crippen LogP contribution in [0.15, 0.2) is 0 Å². The molecule has 1 aromatic heterocycles. The summed E-state index contributed by atoms with van der Waals surface area (Å²) < 4.78 is 5.91. The predicted molar refractivity (Wildman–Crippen MR) is 87.3 cm³/mol. The summed E-state index contributed by atoms with van der Waals surface area (Å²) in [6, 6.07) is 0. The van der Waals surface area contributed by atoms with Crippen molar-refractivity contribution in [2.45, 2.75) is 59.0 Å². The van der Waals surface area contributed by atoms with E-state index in [0.717, 1.165) is 69.0 Å². The predicted octanol–water partition coefficient (Wildman–Crippen LogP) is 3.79. The molecule has 0 radical (unpaired) electrons. The van der Waals surface area contributed by atoms with E-state index in [9.17, 15) is 0 Å². The third-order valence-corrected chi connectivity index (χ3v) is 4.25. The first-order chi connectivity index (χ1) is 10.2. The second-order valence-electron chi connectivity index (χ2n) is 5.63. The highest BCUT2D eigenvalue weighted by atomic mass is 35.5. The van der Waals surface area contributed by atoms with Gasteiger partial charge in [0, 0.05) is 25.3 Å². The van der Waals surface area contributed by atoms with Crippen molar-refractivity contribution in [3.8, 4) is 0 Å². The molecule has 0 aromatic carbocycles. The fraction of sp³-hybridized carbons (Fsp3) is 0.750. The summed E-state index contributed by atoms with van der Waals surface area (Å²) >= 11 is 6.29. The van der Waals surface area contributed by atoms with Gasteiger partial charge in [-0.1, -0.05) is 25.4 Å². The van der Waals surface area contributed by atoms with E-state index in [2.05, 4.69) is 28.7 Å². The van der Waals surface area contributed by atoms with Crippen LogP contribution in [0.3, 0.4) is 0 Å². The Bertz CT molecular complexity index is 467. The van der Waals surface area contributed by atoms with Gasteiger partial charge < -0.3 is 9.64 Å². The fourth-order valence-corrected chi connectivity index (χ4v) is 3.18. The number of rotatable bonds is 5. The van der Waals surface area contributed by atoms with Crippen molar-refractivity contribution in [3.63, 3.8) is 0 Å². The largest absolute Gasteiger partial charge is 0.378 e. The number of hydrogen-bond donors (Lipinski definition) is 0.